The minimum absolute atomic E-state index is 0.0607. The summed E-state index contributed by atoms with van der Waals surface area (Å²) < 4.78 is 11.3. The number of rotatable bonds is 4. The quantitative estimate of drug-likeness (QED) is 0.805. The maximum absolute atomic E-state index is 12.3. The zero-order valence-corrected chi connectivity index (χ0v) is 14.8. The van der Waals surface area contributed by atoms with Crippen LogP contribution in [0.2, 0.25) is 5.02 Å². The van der Waals surface area contributed by atoms with E-state index in [-0.39, 0.29) is 11.2 Å². The van der Waals surface area contributed by atoms with Crippen LogP contribution in [0, 0.1) is 0 Å². The first-order valence-electron chi connectivity index (χ1n) is 7.74. The Labute approximate surface area is 150 Å². The molecule has 1 heterocycles. The van der Waals surface area contributed by atoms with Crippen molar-refractivity contribution in [2.24, 2.45) is 0 Å². The molecule has 0 aromatic heterocycles. The highest BCUT2D eigenvalue weighted by atomic mass is 35.5. The van der Waals surface area contributed by atoms with Crippen molar-refractivity contribution in [3.63, 3.8) is 0 Å². The maximum atomic E-state index is 12.3. The van der Waals surface area contributed by atoms with Gasteiger partial charge in [0.15, 0.2) is 11.5 Å². The fourth-order valence-corrected chi connectivity index (χ4v) is 3.27. The third-order valence-corrected chi connectivity index (χ3v) is 4.86. The number of halogens is 1. The van der Waals surface area contributed by atoms with Gasteiger partial charge in [0, 0.05) is 22.0 Å². The molecule has 0 aliphatic carbocycles. The number of amides is 1. The van der Waals surface area contributed by atoms with Crippen molar-refractivity contribution >= 4 is 35.0 Å². The number of carbonyl (C=O) groups is 1. The molecular formula is C18H18ClNO3S. The van der Waals surface area contributed by atoms with Crippen molar-refractivity contribution in [1.29, 1.82) is 0 Å². The Hall–Kier alpha value is -1.85. The Morgan fingerprint density at radius 3 is 2.58 bits per heavy atom. The van der Waals surface area contributed by atoms with Gasteiger partial charge in [-0.3, -0.25) is 4.79 Å². The predicted molar refractivity (Wildman–Crippen MR) is 97.4 cm³/mol. The predicted octanol–water partition coefficient (Wildman–Crippen LogP) is 4.62. The molecule has 1 unspecified atom stereocenters. The van der Waals surface area contributed by atoms with E-state index in [2.05, 4.69) is 5.32 Å². The smallest absolute Gasteiger partial charge is 0.237 e. The topological polar surface area (TPSA) is 47.6 Å². The van der Waals surface area contributed by atoms with Crippen molar-refractivity contribution in [3.05, 3.63) is 47.5 Å². The van der Waals surface area contributed by atoms with Crippen LogP contribution in [0.15, 0.2) is 47.4 Å². The Kier molecular flexibility index (Phi) is 5.53. The van der Waals surface area contributed by atoms with E-state index in [9.17, 15) is 4.79 Å². The van der Waals surface area contributed by atoms with Gasteiger partial charge in [-0.15, -0.1) is 11.8 Å². The normalized spacial score (nSPS) is 14.6. The second-order valence-corrected chi connectivity index (χ2v) is 7.27. The maximum Gasteiger partial charge on any atom is 0.237 e. The van der Waals surface area contributed by atoms with Gasteiger partial charge in [-0.05, 0) is 49.4 Å². The van der Waals surface area contributed by atoms with Crippen molar-refractivity contribution in [2.75, 3.05) is 18.5 Å². The van der Waals surface area contributed by atoms with Crippen LogP contribution in [0.4, 0.5) is 5.69 Å². The summed E-state index contributed by atoms with van der Waals surface area (Å²) in [6, 6.07) is 12.8. The summed E-state index contributed by atoms with van der Waals surface area (Å²) >= 11 is 7.33. The Morgan fingerprint density at radius 1 is 1.12 bits per heavy atom. The van der Waals surface area contributed by atoms with Crippen LogP contribution in [0.5, 0.6) is 11.5 Å². The number of anilines is 1. The van der Waals surface area contributed by atoms with Gasteiger partial charge in [0.25, 0.3) is 0 Å². The molecule has 126 valence electrons. The molecule has 1 aliphatic rings. The van der Waals surface area contributed by atoms with Crippen LogP contribution in [0.3, 0.4) is 0 Å². The number of carbonyl (C=O) groups excluding carboxylic acids is 1. The molecule has 0 spiro atoms. The van der Waals surface area contributed by atoms with E-state index >= 15 is 0 Å². The largest absolute Gasteiger partial charge is 0.490 e. The van der Waals surface area contributed by atoms with E-state index < -0.39 is 0 Å². The van der Waals surface area contributed by atoms with Gasteiger partial charge in [0.05, 0.1) is 18.5 Å². The second-order valence-electron chi connectivity index (χ2n) is 5.42. The molecule has 1 N–H and O–H groups in total. The molecule has 6 heteroatoms. The molecule has 0 bridgehead atoms. The molecule has 1 aliphatic heterocycles. The van der Waals surface area contributed by atoms with E-state index in [4.69, 9.17) is 21.1 Å². The van der Waals surface area contributed by atoms with Gasteiger partial charge in [0.1, 0.15) is 0 Å². The molecule has 2 aromatic rings. The summed E-state index contributed by atoms with van der Waals surface area (Å²) in [7, 11) is 0. The molecule has 3 rings (SSSR count). The minimum atomic E-state index is -0.245. The fourth-order valence-electron chi connectivity index (χ4n) is 2.25. The molecule has 1 atom stereocenters. The van der Waals surface area contributed by atoms with Gasteiger partial charge >= 0.3 is 0 Å². The molecule has 0 fully saturated rings. The van der Waals surface area contributed by atoms with Gasteiger partial charge in [-0.2, -0.15) is 0 Å². The van der Waals surface area contributed by atoms with Crippen LogP contribution in [-0.2, 0) is 4.79 Å². The third kappa shape index (κ3) is 4.36. The molecule has 0 radical (unpaired) electrons. The second kappa shape index (κ2) is 7.81. The highest BCUT2D eigenvalue weighted by Crippen LogP contribution is 2.35. The van der Waals surface area contributed by atoms with Crippen LogP contribution in [0.25, 0.3) is 0 Å². The monoisotopic (exact) mass is 363 g/mol. The average molecular weight is 364 g/mol. The van der Waals surface area contributed by atoms with E-state index in [1.165, 1.54) is 11.8 Å². The zero-order valence-electron chi connectivity index (χ0n) is 13.3. The Morgan fingerprint density at radius 2 is 1.83 bits per heavy atom. The van der Waals surface area contributed by atoms with Crippen LogP contribution < -0.4 is 14.8 Å². The van der Waals surface area contributed by atoms with Gasteiger partial charge < -0.3 is 14.8 Å². The average Bonchev–Trinajstić information content (AvgIpc) is 2.81. The number of benzene rings is 2. The van der Waals surface area contributed by atoms with Crippen LogP contribution >= 0.6 is 23.4 Å². The molecule has 0 saturated heterocycles. The first-order chi connectivity index (χ1) is 11.6. The fraction of sp³-hybridized carbons (Fsp3) is 0.278. The Bertz CT molecular complexity index is 721. The lowest BCUT2D eigenvalue weighted by Gasteiger charge is -2.14. The molecule has 2 aromatic carbocycles. The number of ether oxygens (including phenoxy) is 2. The third-order valence-electron chi connectivity index (χ3n) is 3.51. The first kappa shape index (κ1) is 17.0. The molecule has 1 amide bonds. The summed E-state index contributed by atoms with van der Waals surface area (Å²) in [6.07, 6.45) is 0.872. The van der Waals surface area contributed by atoms with Gasteiger partial charge in [-0.1, -0.05) is 11.6 Å². The van der Waals surface area contributed by atoms with Crippen LogP contribution in [-0.4, -0.2) is 24.4 Å². The Balaban J connectivity index is 1.63. The molecule has 24 heavy (non-hydrogen) atoms. The van der Waals surface area contributed by atoms with Crippen molar-refractivity contribution in [1.82, 2.24) is 0 Å². The summed E-state index contributed by atoms with van der Waals surface area (Å²) in [6.45, 7) is 3.19. The molecule has 4 nitrogen and oxygen atoms in total. The number of nitrogens with one attached hydrogen (secondary N) is 1. The zero-order chi connectivity index (χ0) is 16.9. The van der Waals surface area contributed by atoms with Crippen LogP contribution in [0.1, 0.15) is 13.3 Å². The summed E-state index contributed by atoms with van der Waals surface area (Å²) in [5.74, 6) is 1.44. The van der Waals surface area contributed by atoms with Crippen molar-refractivity contribution in [3.8, 4) is 11.5 Å². The van der Waals surface area contributed by atoms with E-state index in [1.54, 1.807) is 24.3 Å². The van der Waals surface area contributed by atoms with Crippen molar-refractivity contribution < 1.29 is 14.3 Å². The molecule has 0 saturated carbocycles. The molecular weight excluding hydrogens is 346 g/mol. The standard InChI is InChI=1S/C18H18ClNO3S/c1-12(18(21)20-14-5-3-13(19)4-6-14)24-15-7-8-16-17(11-15)23-10-2-9-22-16/h3-8,11-12H,2,9-10H2,1H3,(H,20,21). The van der Waals surface area contributed by atoms with E-state index in [0.29, 0.717) is 18.2 Å². The summed E-state index contributed by atoms with van der Waals surface area (Å²) in [4.78, 5) is 13.3. The lowest BCUT2D eigenvalue weighted by molar-refractivity contribution is -0.115. The number of fused-ring (bicyclic) bond motifs is 1. The number of thioether (sulfide) groups is 1. The van der Waals surface area contributed by atoms with Gasteiger partial charge in [0.2, 0.25) is 5.91 Å². The SMILES string of the molecule is CC(Sc1ccc2c(c1)OCCCO2)C(=O)Nc1ccc(Cl)cc1. The summed E-state index contributed by atoms with van der Waals surface area (Å²) in [5.41, 5.74) is 0.732. The van der Waals surface area contributed by atoms with E-state index in [1.807, 2.05) is 25.1 Å². The number of hydrogen-bond acceptors (Lipinski definition) is 4. The first-order valence-corrected chi connectivity index (χ1v) is 9.00. The lowest BCUT2D eigenvalue weighted by Crippen LogP contribution is -2.22. The summed E-state index contributed by atoms with van der Waals surface area (Å²) in [5, 5.41) is 3.28. The van der Waals surface area contributed by atoms with Crippen molar-refractivity contribution in [2.45, 2.75) is 23.5 Å². The highest BCUT2D eigenvalue weighted by molar-refractivity contribution is 8.00. The van der Waals surface area contributed by atoms with E-state index in [0.717, 1.165) is 28.5 Å². The highest BCUT2D eigenvalue weighted by Gasteiger charge is 2.17. The minimum Gasteiger partial charge on any atom is -0.490 e. The lowest BCUT2D eigenvalue weighted by atomic mass is 10.3. The van der Waals surface area contributed by atoms with Gasteiger partial charge in [-0.25, -0.2) is 0 Å². The number of hydrogen-bond donors (Lipinski definition) is 1.